The van der Waals surface area contributed by atoms with Gasteiger partial charge in [-0.25, -0.2) is 16.8 Å². The fraction of sp³-hybridized carbons (Fsp3) is 0.600. The molecule has 11 heteroatoms. The maximum atomic E-state index is 11.2. The third kappa shape index (κ3) is 16.0. The van der Waals surface area contributed by atoms with Crippen molar-refractivity contribution in [3.8, 4) is 11.5 Å². The smallest absolute Gasteiger partial charge is 0.744 e. The third-order valence-corrected chi connectivity index (χ3v) is 8.69. The molecule has 237 valence electrons. The van der Waals surface area contributed by atoms with Crippen molar-refractivity contribution in [2.45, 2.75) is 126 Å². The van der Waals surface area contributed by atoms with Gasteiger partial charge in [-0.15, -0.1) is 0 Å². The summed E-state index contributed by atoms with van der Waals surface area (Å²) in [5, 5.41) is 19.1. The summed E-state index contributed by atoms with van der Waals surface area (Å²) >= 11 is 0. The normalized spacial score (nSPS) is 11.4. The molecule has 2 rings (SSSR count). The van der Waals surface area contributed by atoms with E-state index < -0.39 is 41.5 Å². The van der Waals surface area contributed by atoms with Gasteiger partial charge >= 0.3 is 17.1 Å². The molecule has 2 aromatic rings. The molecular weight excluding hydrogens is 616 g/mol. The van der Waals surface area contributed by atoms with Gasteiger partial charge in [-0.2, -0.15) is 0 Å². The second kappa shape index (κ2) is 21.1. The van der Waals surface area contributed by atoms with E-state index in [4.69, 9.17) is 0 Å². The molecule has 0 amide bonds. The predicted octanol–water partition coefficient (Wildman–Crippen LogP) is 7.18. The van der Waals surface area contributed by atoms with Crippen molar-refractivity contribution < 1.29 is 53.2 Å². The first kappa shape index (κ1) is 39.4. The second-order valence-corrected chi connectivity index (χ2v) is 12.8. The van der Waals surface area contributed by atoms with Crippen LogP contribution in [0.5, 0.6) is 11.5 Å². The largest absolute Gasteiger partial charge is 2.00 e. The molecule has 0 bridgehead atoms. The molecule has 41 heavy (non-hydrogen) atoms. The van der Waals surface area contributed by atoms with Crippen molar-refractivity contribution in [1.29, 1.82) is 0 Å². The zero-order chi connectivity index (χ0) is 30.0. The van der Waals surface area contributed by atoms with E-state index >= 15 is 0 Å². The van der Waals surface area contributed by atoms with E-state index in [2.05, 4.69) is 13.8 Å². The molecule has 2 N–H and O–H groups in total. The maximum Gasteiger partial charge on any atom is 2.00 e. The Kier molecular flexibility index (Phi) is 20.3. The first-order valence-corrected chi connectivity index (χ1v) is 17.3. The van der Waals surface area contributed by atoms with Gasteiger partial charge in [0.15, 0.2) is 0 Å². The van der Waals surface area contributed by atoms with Crippen LogP contribution in [0.15, 0.2) is 46.2 Å². The molecule has 0 atom stereocenters. The standard InChI is InChI=1S/2C15H24O4S.Cu/c2*1-2-3-4-5-6-7-8-10-13-11-9-12-14(16)15(13)20(17,18)19;/h2*9,11-12,16H,2-8,10H2,1H3,(H,17,18,19);/q;;+2/p-2. The van der Waals surface area contributed by atoms with Crippen LogP contribution in [0.4, 0.5) is 0 Å². The van der Waals surface area contributed by atoms with Gasteiger partial charge in [0.25, 0.3) is 0 Å². The average Bonchev–Trinajstić information content (AvgIpc) is 2.86. The molecule has 0 aliphatic carbocycles. The fourth-order valence-electron chi connectivity index (χ4n) is 4.66. The first-order chi connectivity index (χ1) is 18.9. The van der Waals surface area contributed by atoms with Crippen LogP contribution in [0.3, 0.4) is 0 Å². The van der Waals surface area contributed by atoms with Crippen molar-refractivity contribution >= 4 is 20.2 Å². The second-order valence-electron chi connectivity index (χ2n) is 10.2. The maximum absolute atomic E-state index is 11.2. The van der Waals surface area contributed by atoms with E-state index in [0.29, 0.717) is 24.0 Å². The van der Waals surface area contributed by atoms with Gasteiger partial charge < -0.3 is 19.3 Å². The number of phenolic OH excluding ortho intramolecular Hbond substituents is 2. The van der Waals surface area contributed by atoms with Crippen LogP contribution >= 0.6 is 0 Å². The topological polar surface area (TPSA) is 155 Å². The summed E-state index contributed by atoms with van der Waals surface area (Å²) in [5.74, 6) is -0.888. The number of hydrogen-bond acceptors (Lipinski definition) is 8. The average molecular weight is 662 g/mol. The number of unbranched alkanes of at least 4 members (excludes halogenated alkanes) is 12. The van der Waals surface area contributed by atoms with Crippen LogP contribution in [0.25, 0.3) is 0 Å². The zero-order valence-electron chi connectivity index (χ0n) is 24.2. The van der Waals surface area contributed by atoms with Crippen LogP contribution in [0.1, 0.15) is 115 Å². The van der Waals surface area contributed by atoms with E-state index in [1.807, 2.05) is 0 Å². The Morgan fingerprint density at radius 1 is 0.537 bits per heavy atom. The van der Waals surface area contributed by atoms with Gasteiger partial charge in [0.2, 0.25) is 0 Å². The van der Waals surface area contributed by atoms with E-state index in [1.54, 1.807) is 24.3 Å². The van der Waals surface area contributed by atoms with E-state index in [-0.39, 0.29) is 17.1 Å². The number of rotatable bonds is 18. The molecule has 0 spiro atoms. The van der Waals surface area contributed by atoms with Gasteiger partial charge in [-0.1, -0.05) is 115 Å². The molecule has 0 saturated carbocycles. The Balaban J connectivity index is 0.000000762. The monoisotopic (exact) mass is 661 g/mol. The minimum Gasteiger partial charge on any atom is -0.744 e. The van der Waals surface area contributed by atoms with Crippen molar-refractivity contribution in [2.75, 3.05) is 0 Å². The van der Waals surface area contributed by atoms with Gasteiger partial charge in [-0.05, 0) is 48.9 Å². The summed E-state index contributed by atoms with van der Waals surface area (Å²) in [6.45, 7) is 4.35. The van der Waals surface area contributed by atoms with E-state index in [1.165, 1.54) is 63.5 Å². The summed E-state index contributed by atoms with van der Waals surface area (Å²) in [7, 11) is -9.24. The van der Waals surface area contributed by atoms with Crippen LogP contribution in [0.2, 0.25) is 0 Å². The van der Waals surface area contributed by atoms with Crippen LogP contribution in [0, 0.1) is 0 Å². The molecule has 0 fully saturated rings. The zero-order valence-corrected chi connectivity index (χ0v) is 26.8. The summed E-state index contributed by atoms with van der Waals surface area (Å²) in [6.07, 6.45) is 16.8. The van der Waals surface area contributed by atoms with Gasteiger partial charge in [0, 0.05) is 0 Å². The predicted molar refractivity (Wildman–Crippen MR) is 156 cm³/mol. The minimum absolute atomic E-state index is 0. The SMILES string of the molecule is CCCCCCCCCc1cccc(O)c1S(=O)(=O)[O-].CCCCCCCCCc1cccc(O)c1S(=O)(=O)[O-].[Cu+2]. The Bertz CT molecular complexity index is 1120. The van der Waals surface area contributed by atoms with Crippen molar-refractivity contribution in [3.05, 3.63) is 47.5 Å². The molecule has 0 heterocycles. The molecule has 0 aliphatic rings. The number of aromatic hydroxyl groups is 2. The Morgan fingerprint density at radius 3 is 1.12 bits per heavy atom. The van der Waals surface area contributed by atoms with Crippen LogP contribution < -0.4 is 0 Å². The van der Waals surface area contributed by atoms with Crippen molar-refractivity contribution in [2.24, 2.45) is 0 Å². The Morgan fingerprint density at radius 2 is 0.829 bits per heavy atom. The van der Waals surface area contributed by atoms with Gasteiger partial charge in [0.1, 0.15) is 31.7 Å². The Hall–Kier alpha value is -1.62. The molecule has 0 unspecified atom stereocenters. The number of phenols is 2. The Labute approximate surface area is 258 Å². The first-order valence-electron chi connectivity index (χ1n) is 14.5. The summed E-state index contributed by atoms with van der Waals surface area (Å²) in [6, 6.07) is 8.81. The fourth-order valence-corrected chi connectivity index (χ4v) is 6.29. The molecule has 0 aliphatic heterocycles. The van der Waals surface area contributed by atoms with Crippen LogP contribution in [-0.2, 0) is 50.1 Å². The van der Waals surface area contributed by atoms with Gasteiger partial charge in [0.05, 0.1) is 9.79 Å². The van der Waals surface area contributed by atoms with Crippen LogP contribution in [-0.4, -0.2) is 36.2 Å². The molecule has 0 aromatic heterocycles. The number of aryl methyl sites for hydroxylation is 2. The number of benzene rings is 2. The van der Waals surface area contributed by atoms with Crippen molar-refractivity contribution in [1.82, 2.24) is 0 Å². The summed E-state index contributed by atoms with van der Waals surface area (Å²) < 4.78 is 67.0. The molecule has 8 nitrogen and oxygen atoms in total. The summed E-state index contributed by atoms with van der Waals surface area (Å²) in [4.78, 5) is -0.906. The van der Waals surface area contributed by atoms with Crippen molar-refractivity contribution in [3.63, 3.8) is 0 Å². The third-order valence-electron chi connectivity index (χ3n) is 6.75. The minimum atomic E-state index is -4.62. The molecule has 1 radical (unpaired) electrons. The molecular formula is C30H46CuO8S2. The number of hydrogen-bond donors (Lipinski definition) is 2. The molecule has 0 saturated heterocycles. The quantitative estimate of drug-likeness (QED) is 0.0967. The summed E-state index contributed by atoms with van der Waals surface area (Å²) in [5.41, 5.74) is 0.849. The van der Waals surface area contributed by atoms with Gasteiger partial charge in [-0.3, -0.25) is 0 Å². The van der Waals surface area contributed by atoms with E-state index in [0.717, 1.165) is 38.5 Å². The molecule has 2 aromatic carbocycles. The van der Waals surface area contributed by atoms with E-state index in [9.17, 15) is 36.2 Å².